The highest BCUT2D eigenvalue weighted by atomic mass is 31.3. The van der Waals surface area contributed by atoms with Gasteiger partial charge in [0.2, 0.25) is 0 Å². The van der Waals surface area contributed by atoms with E-state index in [0.29, 0.717) is 12.8 Å². The molecule has 0 saturated heterocycles. The normalized spacial score (nSPS) is 16.6. The molecule has 0 aromatic heterocycles. The minimum absolute atomic E-state index is 0.524. The Bertz CT molecular complexity index is 356. The van der Waals surface area contributed by atoms with Crippen molar-refractivity contribution in [3.8, 4) is 0 Å². The van der Waals surface area contributed by atoms with Gasteiger partial charge in [-0.05, 0) is 12.8 Å². The third kappa shape index (κ3) is 13.6. The van der Waals surface area contributed by atoms with Crippen molar-refractivity contribution in [2.24, 2.45) is 0 Å². The van der Waals surface area contributed by atoms with E-state index >= 15 is 0 Å². The van der Waals surface area contributed by atoms with E-state index in [1.54, 1.807) is 0 Å². The van der Waals surface area contributed by atoms with Gasteiger partial charge in [-0.1, -0.05) is 58.8 Å². The summed E-state index contributed by atoms with van der Waals surface area (Å²) in [5, 5.41) is 0. The van der Waals surface area contributed by atoms with E-state index in [1.807, 2.05) is 6.92 Å². The molecule has 3 N–H and O–H groups in total. The van der Waals surface area contributed by atoms with Gasteiger partial charge < -0.3 is 14.7 Å². The average Bonchev–Trinajstić information content (AvgIpc) is 2.30. The zero-order chi connectivity index (χ0) is 16.4. The molecular formula is C12H28O7P2. The van der Waals surface area contributed by atoms with Crippen LogP contribution in [0.25, 0.3) is 0 Å². The van der Waals surface area contributed by atoms with Crippen LogP contribution >= 0.6 is 15.6 Å². The predicted octanol–water partition coefficient (Wildman–Crippen LogP) is 4.13. The van der Waals surface area contributed by atoms with E-state index in [1.165, 1.54) is 19.3 Å². The Kier molecular flexibility index (Phi) is 11.0. The molecule has 0 bridgehead atoms. The van der Waals surface area contributed by atoms with E-state index in [0.717, 1.165) is 25.7 Å². The Labute approximate surface area is 126 Å². The fourth-order valence-corrected chi connectivity index (χ4v) is 3.88. The van der Waals surface area contributed by atoms with Crippen LogP contribution in [0.1, 0.15) is 71.6 Å². The van der Waals surface area contributed by atoms with Crippen molar-refractivity contribution in [1.29, 1.82) is 0 Å². The largest absolute Gasteiger partial charge is 0.481 e. The zero-order valence-corrected chi connectivity index (χ0v) is 14.6. The molecule has 0 saturated carbocycles. The third-order valence-electron chi connectivity index (χ3n) is 2.98. The van der Waals surface area contributed by atoms with Gasteiger partial charge in [-0.25, -0.2) is 9.13 Å². The first-order valence-corrected chi connectivity index (χ1v) is 10.5. The molecule has 0 rings (SSSR count). The summed E-state index contributed by atoms with van der Waals surface area (Å²) in [5.41, 5.74) is 0. The molecule has 0 aliphatic carbocycles. The van der Waals surface area contributed by atoms with Gasteiger partial charge in [-0.2, -0.15) is 4.31 Å². The van der Waals surface area contributed by atoms with Crippen LogP contribution in [0.2, 0.25) is 0 Å². The molecule has 7 nitrogen and oxygen atoms in total. The van der Waals surface area contributed by atoms with Crippen LogP contribution in [0.4, 0.5) is 0 Å². The Morgan fingerprint density at radius 1 is 0.857 bits per heavy atom. The van der Waals surface area contributed by atoms with Crippen LogP contribution in [0, 0.1) is 0 Å². The van der Waals surface area contributed by atoms with Crippen molar-refractivity contribution < 1.29 is 32.6 Å². The van der Waals surface area contributed by atoms with E-state index in [2.05, 4.69) is 11.2 Å². The first-order valence-electron chi connectivity index (χ1n) is 7.48. The minimum atomic E-state index is -5.04. The minimum Gasteiger partial charge on any atom is -0.302 e. The average molecular weight is 346 g/mol. The molecule has 0 aliphatic rings. The SMILES string of the molecule is CCCCCCCCC(CCC)OP(=O)(O)OP(=O)(O)O. The summed E-state index contributed by atoms with van der Waals surface area (Å²) >= 11 is 0. The first kappa shape index (κ1) is 21.3. The lowest BCUT2D eigenvalue weighted by Gasteiger charge is -2.20. The second-order valence-corrected chi connectivity index (χ2v) is 7.90. The number of rotatable bonds is 13. The summed E-state index contributed by atoms with van der Waals surface area (Å²) in [6.07, 6.45) is 7.88. The highest BCUT2D eigenvalue weighted by Crippen LogP contribution is 2.58. The molecule has 0 amide bonds. The number of unbranched alkanes of at least 4 members (excludes halogenated alkanes) is 5. The summed E-state index contributed by atoms with van der Waals surface area (Å²) in [4.78, 5) is 26.5. The van der Waals surface area contributed by atoms with Crippen molar-refractivity contribution in [3.05, 3.63) is 0 Å². The van der Waals surface area contributed by atoms with Gasteiger partial charge in [0, 0.05) is 0 Å². The second kappa shape index (κ2) is 10.9. The lowest BCUT2D eigenvalue weighted by atomic mass is 10.0. The lowest BCUT2D eigenvalue weighted by molar-refractivity contribution is 0.112. The molecule has 2 unspecified atom stereocenters. The molecule has 0 fully saturated rings. The predicted molar refractivity (Wildman–Crippen MR) is 80.7 cm³/mol. The van der Waals surface area contributed by atoms with Gasteiger partial charge in [0.05, 0.1) is 6.10 Å². The maximum Gasteiger partial charge on any atom is 0.481 e. The molecule has 21 heavy (non-hydrogen) atoms. The highest BCUT2D eigenvalue weighted by molar-refractivity contribution is 7.60. The van der Waals surface area contributed by atoms with Crippen LogP contribution in [0.5, 0.6) is 0 Å². The molecule has 128 valence electrons. The summed E-state index contributed by atoms with van der Waals surface area (Å²) in [7, 11) is -9.77. The quantitative estimate of drug-likeness (QED) is 0.339. The molecule has 0 aliphatic heterocycles. The topological polar surface area (TPSA) is 113 Å². The molecule has 0 heterocycles. The monoisotopic (exact) mass is 346 g/mol. The smallest absolute Gasteiger partial charge is 0.302 e. The molecule has 0 spiro atoms. The Morgan fingerprint density at radius 3 is 1.95 bits per heavy atom. The van der Waals surface area contributed by atoms with E-state index < -0.39 is 21.7 Å². The maximum absolute atomic E-state index is 11.5. The van der Waals surface area contributed by atoms with E-state index in [4.69, 9.17) is 14.3 Å². The molecule has 0 aromatic carbocycles. The summed E-state index contributed by atoms with van der Waals surface area (Å²) in [5.74, 6) is 0. The fraction of sp³-hybridized carbons (Fsp3) is 1.00. The van der Waals surface area contributed by atoms with Crippen LogP contribution in [0.3, 0.4) is 0 Å². The number of hydrogen-bond acceptors (Lipinski definition) is 4. The fourth-order valence-electron chi connectivity index (χ4n) is 2.07. The van der Waals surface area contributed by atoms with Crippen LogP contribution in [0.15, 0.2) is 0 Å². The first-order chi connectivity index (χ1) is 9.70. The molecule has 9 heteroatoms. The highest BCUT2D eigenvalue weighted by Gasteiger charge is 2.34. The van der Waals surface area contributed by atoms with Crippen molar-refractivity contribution >= 4 is 15.6 Å². The van der Waals surface area contributed by atoms with Gasteiger partial charge in [0.25, 0.3) is 0 Å². The third-order valence-corrected chi connectivity index (χ3v) is 5.22. The van der Waals surface area contributed by atoms with Gasteiger partial charge in [0.1, 0.15) is 0 Å². The van der Waals surface area contributed by atoms with E-state index in [9.17, 15) is 14.0 Å². The lowest BCUT2D eigenvalue weighted by Crippen LogP contribution is -2.12. The Balaban J connectivity index is 4.17. The number of phosphoric acid groups is 2. The van der Waals surface area contributed by atoms with Crippen molar-refractivity contribution in [3.63, 3.8) is 0 Å². The Hall–Kier alpha value is 0.260. The maximum atomic E-state index is 11.5. The standard InChI is InChI=1S/C12H28O7P2/c1-3-5-6-7-8-9-11-12(10-4-2)18-21(16,17)19-20(13,14)15/h12H,3-11H2,1-2H3,(H,16,17)(H2,13,14,15). The molecule has 2 atom stereocenters. The van der Waals surface area contributed by atoms with Crippen molar-refractivity contribution in [2.75, 3.05) is 0 Å². The molecular weight excluding hydrogens is 318 g/mol. The number of phosphoric ester groups is 1. The van der Waals surface area contributed by atoms with Crippen LogP contribution in [-0.2, 0) is 18.0 Å². The van der Waals surface area contributed by atoms with E-state index in [-0.39, 0.29) is 0 Å². The van der Waals surface area contributed by atoms with Gasteiger partial charge in [0.15, 0.2) is 0 Å². The van der Waals surface area contributed by atoms with Crippen molar-refractivity contribution in [1.82, 2.24) is 0 Å². The van der Waals surface area contributed by atoms with Crippen LogP contribution < -0.4 is 0 Å². The zero-order valence-electron chi connectivity index (χ0n) is 12.8. The summed E-state index contributed by atoms with van der Waals surface area (Å²) in [6, 6.07) is 0. The van der Waals surface area contributed by atoms with Gasteiger partial charge >= 0.3 is 15.6 Å². The van der Waals surface area contributed by atoms with Crippen molar-refractivity contribution in [2.45, 2.75) is 77.7 Å². The van der Waals surface area contributed by atoms with Gasteiger partial charge in [-0.3, -0.25) is 4.52 Å². The molecule has 0 aromatic rings. The van der Waals surface area contributed by atoms with Gasteiger partial charge in [-0.15, -0.1) is 0 Å². The summed E-state index contributed by atoms with van der Waals surface area (Å²) < 4.78 is 30.8. The second-order valence-electron chi connectivity index (χ2n) is 5.11. The Morgan fingerprint density at radius 2 is 1.43 bits per heavy atom. The molecule has 0 radical (unpaired) electrons. The number of hydrogen-bond donors (Lipinski definition) is 3. The summed E-state index contributed by atoms with van der Waals surface area (Å²) in [6.45, 7) is 4.05. The van der Waals surface area contributed by atoms with Crippen LogP contribution in [-0.4, -0.2) is 20.8 Å².